The maximum Gasteiger partial charge on any atom is 0.165 e. The second kappa shape index (κ2) is 5.21. The second-order valence-electron chi connectivity index (χ2n) is 9.71. The first-order valence-corrected chi connectivity index (χ1v) is 10.2. The predicted molar refractivity (Wildman–Crippen MR) is 92.4 cm³/mol. The highest BCUT2D eigenvalue weighted by Gasteiger charge is 2.61. The Kier molecular flexibility index (Phi) is 3.71. The summed E-state index contributed by atoms with van der Waals surface area (Å²) in [6, 6.07) is 0. The molecule has 4 aliphatic rings. The third-order valence-electron chi connectivity index (χ3n) is 8.69. The van der Waals surface area contributed by atoms with E-state index in [9.17, 15) is 9.90 Å². The van der Waals surface area contributed by atoms with Gasteiger partial charge in [-0.2, -0.15) is 0 Å². The highest BCUT2D eigenvalue weighted by atomic mass is 35.5. The highest BCUT2D eigenvalue weighted by molar-refractivity contribution is 6.20. The lowest BCUT2D eigenvalue weighted by Crippen LogP contribution is -2.59. The van der Waals surface area contributed by atoms with Gasteiger partial charge in [0.05, 0.1) is 5.88 Å². The molecule has 130 valence electrons. The molecule has 0 saturated heterocycles. The van der Waals surface area contributed by atoms with Crippen molar-refractivity contribution in [2.24, 2.45) is 34.5 Å². The van der Waals surface area contributed by atoms with E-state index in [0.717, 1.165) is 11.8 Å². The maximum atomic E-state index is 12.4. The number of carbonyl (C=O) groups excluding carboxylic acids is 1. The zero-order chi connectivity index (χ0) is 16.5. The van der Waals surface area contributed by atoms with Gasteiger partial charge in [0.2, 0.25) is 0 Å². The van der Waals surface area contributed by atoms with Crippen LogP contribution in [0, 0.1) is 34.5 Å². The first-order valence-electron chi connectivity index (χ1n) is 9.64. The Morgan fingerprint density at radius 2 is 1.91 bits per heavy atom. The van der Waals surface area contributed by atoms with Crippen molar-refractivity contribution in [3.05, 3.63) is 0 Å². The second-order valence-corrected chi connectivity index (χ2v) is 9.98. The Labute approximate surface area is 145 Å². The number of carbonyl (C=O) groups is 1. The van der Waals surface area contributed by atoms with Crippen molar-refractivity contribution in [1.82, 2.24) is 0 Å². The van der Waals surface area contributed by atoms with E-state index in [4.69, 9.17) is 11.6 Å². The Bertz CT molecular complexity index is 520. The summed E-state index contributed by atoms with van der Waals surface area (Å²) >= 11 is 6.03. The van der Waals surface area contributed by atoms with Gasteiger partial charge in [-0.15, -0.1) is 11.6 Å². The summed E-state index contributed by atoms with van der Waals surface area (Å²) < 4.78 is 0. The van der Waals surface area contributed by atoms with Crippen molar-refractivity contribution >= 4 is 17.4 Å². The van der Waals surface area contributed by atoms with Gasteiger partial charge in [-0.1, -0.05) is 20.3 Å². The molecule has 0 aromatic carbocycles. The molecule has 7 atom stereocenters. The van der Waals surface area contributed by atoms with Crippen LogP contribution in [0.15, 0.2) is 0 Å². The fourth-order valence-electron chi connectivity index (χ4n) is 7.40. The summed E-state index contributed by atoms with van der Waals surface area (Å²) in [5.41, 5.74) is -0.604. The minimum atomic E-state index is -1.27. The molecule has 0 aromatic rings. The highest BCUT2D eigenvalue weighted by Crippen LogP contribution is 2.66. The molecule has 4 saturated carbocycles. The molecule has 2 unspecified atom stereocenters. The van der Waals surface area contributed by atoms with Crippen LogP contribution in [0.4, 0.5) is 0 Å². The molecule has 2 nitrogen and oxygen atoms in total. The zero-order valence-corrected chi connectivity index (χ0v) is 15.4. The Morgan fingerprint density at radius 1 is 1.13 bits per heavy atom. The Balaban J connectivity index is 1.66. The van der Waals surface area contributed by atoms with Crippen LogP contribution >= 0.6 is 11.6 Å². The average molecular weight is 339 g/mol. The number of ketones is 1. The molecule has 0 aromatic heterocycles. The molecule has 0 radical (unpaired) electrons. The van der Waals surface area contributed by atoms with E-state index in [1.165, 1.54) is 44.9 Å². The monoisotopic (exact) mass is 338 g/mol. The van der Waals surface area contributed by atoms with E-state index in [0.29, 0.717) is 30.1 Å². The summed E-state index contributed by atoms with van der Waals surface area (Å²) in [6.07, 6.45) is 10.5. The van der Waals surface area contributed by atoms with Crippen LogP contribution in [0.25, 0.3) is 0 Å². The molecular weight excluding hydrogens is 308 g/mol. The number of aliphatic hydroxyl groups is 1. The number of hydrogen-bond donors (Lipinski definition) is 1. The van der Waals surface area contributed by atoms with Crippen molar-refractivity contribution in [3.63, 3.8) is 0 Å². The molecule has 0 aliphatic heterocycles. The van der Waals surface area contributed by atoms with E-state index < -0.39 is 5.60 Å². The van der Waals surface area contributed by atoms with E-state index in [-0.39, 0.29) is 17.1 Å². The lowest BCUT2D eigenvalue weighted by Gasteiger charge is -2.61. The third kappa shape index (κ3) is 2.20. The SMILES string of the molecule is C[C@@]12CCC[C@H]1[C@@H]1CCC3CC(=O)C(O)(CCl)C[C@]3(C)[C@@H]1CC2. The topological polar surface area (TPSA) is 37.3 Å². The van der Waals surface area contributed by atoms with Gasteiger partial charge in [-0.3, -0.25) is 4.79 Å². The standard InChI is InChI=1S/C20H31ClO2/c1-18-8-3-4-15(18)14-6-5-13-10-17(22)20(23,12-21)11-19(13,2)16(14)7-9-18/h13-16,23H,3-12H2,1-2H3/t13?,14-,15-,16+,18-,19-,20?/m0/s1. The van der Waals surface area contributed by atoms with Crippen molar-refractivity contribution in [1.29, 1.82) is 0 Å². The van der Waals surface area contributed by atoms with Crippen LogP contribution in [-0.4, -0.2) is 22.4 Å². The lowest BCUT2D eigenvalue weighted by atomic mass is 9.44. The van der Waals surface area contributed by atoms with E-state index in [1.807, 2.05) is 0 Å². The van der Waals surface area contributed by atoms with Gasteiger partial charge in [0.1, 0.15) is 5.60 Å². The molecule has 23 heavy (non-hydrogen) atoms. The van der Waals surface area contributed by atoms with Crippen LogP contribution in [0.3, 0.4) is 0 Å². The van der Waals surface area contributed by atoms with Gasteiger partial charge >= 0.3 is 0 Å². The van der Waals surface area contributed by atoms with E-state index in [2.05, 4.69) is 13.8 Å². The molecule has 3 heteroatoms. The largest absolute Gasteiger partial charge is 0.381 e. The van der Waals surface area contributed by atoms with Gasteiger partial charge in [-0.05, 0) is 79.4 Å². The predicted octanol–water partition coefficient (Wildman–Crippen LogP) is 4.57. The third-order valence-corrected chi connectivity index (χ3v) is 9.13. The zero-order valence-electron chi connectivity index (χ0n) is 14.6. The fraction of sp³-hybridized carbons (Fsp3) is 0.950. The minimum absolute atomic E-state index is 0.00469. The van der Waals surface area contributed by atoms with Crippen molar-refractivity contribution in [3.8, 4) is 0 Å². The molecule has 0 spiro atoms. The number of Topliss-reactive ketones (excluding diaryl/α,β-unsaturated/α-hetero) is 1. The smallest absolute Gasteiger partial charge is 0.165 e. The molecular formula is C20H31ClO2. The Hall–Kier alpha value is -0.0800. The van der Waals surface area contributed by atoms with Gasteiger partial charge in [0, 0.05) is 6.42 Å². The summed E-state index contributed by atoms with van der Waals surface area (Å²) in [6.45, 7) is 4.89. The van der Waals surface area contributed by atoms with Crippen molar-refractivity contribution < 1.29 is 9.90 Å². The molecule has 4 fully saturated rings. The first-order chi connectivity index (χ1) is 10.8. The summed E-state index contributed by atoms with van der Waals surface area (Å²) in [7, 11) is 0. The van der Waals surface area contributed by atoms with Gasteiger partial charge in [0.25, 0.3) is 0 Å². The molecule has 1 N–H and O–H groups in total. The molecule has 0 bridgehead atoms. The van der Waals surface area contributed by atoms with E-state index >= 15 is 0 Å². The molecule has 4 rings (SSSR count). The molecule has 0 amide bonds. The summed E-state index contributed by atoms with van der Waals surface area (Å²) in [5, 5.41) is 10.8. The van der Waals surface area contributed by atoms with Crippen LogP contribution in [0.2, 0.25) is 0 Å². The van der Waals surface area contributed by atoms with Gasteiger partial charge in [0.15, 0.2) is 5.78 Å². The number of fused-ring (bicyclic) bond motifs is 5. The van der Waals surface area contributed by atoms with Crippen molar-refractivity contribution in [2.45, 2.75) is 77.2 Å². The number of hydrogen-bond acceptors (Lipinski definition) is 2. The number of rotatable bonds is 1. The minimum Gasteiger partial charge on any atom is -0.381 e. The maximum absolute atomic E-state index is 12.4. The summed E-state index contributed by atoms with van der Waals surface area (Å²) in [4.78, 5) is 12.4. The van der Waals surface area contributed by atoms with Crippen LogP contribution < -0.4 is 0 Å². The van der Waals surface area contributed by atoms with E-state index in [1.54, 1.807) is 0 Å². The van der Waals surface area contributed by atoms with Gasteiger partial charge < -0.3 is 5.11 Å². The number of alkyl halides is 1. The molecule has 0 heterocycles. The quantitative estimate of drug-likeness (QED) is 0.711. The summed E-state index contributed by atoms with van der Waals surface area (Å²) in [5.74, 6) is 2.89. The Morgan fingerprint density at radius 3 is 2.65 bits per heavy atom. The normalized spacial score (nSPS) is 55.9. The van der Waals surface area contributed by atoms with Crippen LogP contribution in [-0.2, 0) is 4.79 Å². The van der Waals surface area contributed by atoms with Crippen molar-refractivity contribution in [2.75, 3.05) is 5.88 Å². The fourth-order valence-corrected chi connectivity index (χ4v) is 7.65. The average Bonchev–Trinajstić information content (AvgIpc) is 2.90. The van der Waals surface area contributed by atoms with Gasteiger partial charge in [-0.25, -0.2) is 0 Å². The number of halogens is 1. The van der Waals surface area contributed by atoms with Crippen LogP contribution in [0.5, 0.6) is 0 Å². The lowest BCUT2D eigenvalue weighted by molar-refractivity contribution is -0.169. The first kappa shape index (κ1) is 16.4. The van der Waals surface area contributed by atoms with Crippen LogP contribution in [0.1, 0.15) is 71.6 Å². The molecule has 4 aliphatic carbocycles.